The van der Waals surface area contributed by atoms with Crippen LogP contribution in [0.15, 0.2) is 68.7 Å². The fourth-order valence-electron chi connectivity index (χ4n) is 4.74. The molecule has 2 aromatic heterocycles. The third-order valence-corrected chi connectivity index (χ3v) is 6.63. The van der Waals surface area contributed by atoms with E-state index in [1.165, 1.54) is 22.3 Å². The standard InChI is InChI=1S/C29H26N2O5/c1-16(2)18-7-10-23-20(13-18)6-5-19-12-17(3)4-9-22(19)26(23)24-15-31(29(35)30-27(24)32)14-21-8-11-25(36-21)28(33)34/h4-13,15-16,26H,14H2,1-3H3,(H,33,34)(H,30,32,35). The van der Waals surface area contributed by atoms with Crippen molar-refractivity contribution in [1.82, 2.24) is 9.55 Å². The first-order valence-corrected chi connectivity index (χ1v) is 11.8. The summed E-state index contributed by atoms with van der Waals surface area (Å²) >= 11 is 0. The Hall–Kier alpha value is -4.39. The number of carbonyl (C=O) groups is 1. The van der Waals surface area contributed by atoms with Gasteiger partial charge in [-0.15, -0.1) is 0 Å². The van der Waals surface area contributed by atoms with Crippen molar-refractivity contribution in [2.45, 2.75) is 39.2 Å². The molecule has 0 saturated heterocycles. The highest BCUT2D eigenvalue weighted by Gasteiger charge is 2.27. The second-order valence-electron chi connectivity index (χ2n) is 9.48. The van der Waals surface area contributed by atoms with Crippen molar-refractivity contribution in [3.63, 3.8) is 0 Å². The van der Waals surface area contributed by atoms with Crippen molar-refractivity contribution >= 4 is 18.1 Å². The molecule has 0 fully saturated rings. The summed E-state index contributed by atoms with van der Waals surface area (Å²) in [6.45, 7) is 6.30. The quantitative estimate of drug-likeness (QED) is 0.368. The number of aromatic amines is 1. The van der Waals surface area contributed by atoms with Gasteiger partial charge >= 0.3 is 11.7 Å². The van der Waals surface area contributed by atoms with Gasteiger partial charge in [0.2, 0.25) is 5.76 Å². The van der Waals surface area contributed by atoms with Crippen LogP contribution in [0.1, 0.15) is 80.9 Å². The van der Waals surface area contributed by atoms with E-state index in [0.29, 0.717) is 17.2 Å². The SMILES string of the molecule is Cc1ccc2c(c1)C=Cc1cc(C(C)C)ccc1C2c1cn(Cc2ccc(C(=O)O)o2)c(=O)[nH]c1=O. The van der Waals surface area contributed by atoms with Gasteiger partial charge in [-0.2, -0.15) is 0 Å². The van der Waals surface area contributed by atoms with E-state index in [-0.39, 0.29) is 12.3 Å². The summed E-state index contributed by atoms with van der Waals surface area (Å²) in [5.74, 6) is -1.16. The van der Waals surface area contributed by atoms with Crippen LogP contribution >= 0.6 is 0 Å². The van der Waals surface area contributed by atoms with E-state index in [0.717, 1.165) is 27.8 Å². The van der Waals surface area contributed by atoms with Crippen LogP contribution in [0.3, 0.4) is 0 Å². The first kappa shape index (κ1) is 23.4. The highest BCUT2D eigenvalue weighted by Crippen LogP contribution is 2.39. The summed E-state index contributed by atoms with van der Waals surface area (Å²) < 4.78 is 6.68. The van der Waals surface area contributed by atoms with Gasteiger partial charge in [-0.1, -0.05) is 68.0 Å². The Labute approximate surface area is 207 Å². The monoisotopic (exact) mass is 482 g/mol. The summed E-state index contributed by atoms with van der Waals surface area (Å²) in [5, 5.41) is 9.14. The predicted octanol–water partition coefficient (Wildman–Crippen LogP) is 4.97. The number of rotatable bonds is 5. The van der Waals surface area contributed by atoms with Crippen LogP contribution < -0.4 is 11.2 Å². The van der Waals surface area contributed by atoms with Crippen LogP contribution in [0.4, 0.5) is 0 Å². The van der Waals surface area contributed by atoms with Gasteiger partial charge in [0.25, 0.3) is 5.56 Å². The van der Waals surface area contributed by atoms with Gasteiger partial charge in [0, 0.05) is 17.7 Å². The number of hydrogen-bond acceptors (Lipinski definition) is 4. The molecule has 0 bridgehead atoms. The number of aryl methyl sites for hydroxylation is 1. The summed E-state index contributed by atoms with van der Waals surface area (Å²) in [5.41, 5.74) is 5.65. The minimum absolute atomic E-state index is 0.0131. The summed E-state index contributed by atoms with van der Waals surface area (Å²) in [6.07, 6.45) is 5.72. The highest BCUT2D eigenvalue weighted by atomic mass is 16.4. The zero-order chi connectivity index (χ0) is 25.6. The largest absolute Gasteiger partial charge is 0.475 e. The number of benzene rings is 2. The number of carboxylic acid groups (broad SMARTS) is 1. The average molecular weight is 483 g/mol. The smallest absolute Gasteiger partial charge is 0.371 e. The van der Waals surface area contributed by atoms with Gasteiger partial charge in [0.1, 0.15) is 5.76 Å². The first-order valence-electron chi connectivity index (χ1n) is 11.8. The van der Waals surface area contributed by atoms with Crippen LogP contribution in [-0.4, -0.2) is 20.6 Å². The number of aromatic nitrogens is 2. The number of carboxylic acids is 1. The van der Waals surface area contributed by atoms with E-state index in [9.17, 15) is 14.4 Å². The molecule has 0 radical (unpaired) electrons. The van der Waals surface area contributed by atoms with Gasteiger partial charge < -0.3 is 9.52 Å². The summed E-state index contributed by atoms with van der Waals surface area (Å²) in [4.78, 5) is 39.5. The number of H-pyrrole nitrogens is 1. The lowest BCUT2D eigenvalue weighted by Gasteiger charge is -2.22. The van der Waals surface area contributed by atoms with Crippen molar-refractivity contribution in [1.29, 1.82) is 0 Å². The Morgan fingerprint density at radius 1 is 1.00 bits per heavy atom. The maximum atomic E-state index is 13.2. The molecule has 1 atom stereocenters. The van der Waals surface area contributed by atoms with Gasteiger partial charge in [0.05, 0.1) is 6.54 Å². The Kier molecular flexibility index (Phi) is 5.84. The maximum Gasteiger partial charge on any atom is 0.371 e. The zero-order valence-electron chi connectivity index (χ0n) is 20.2. The zero-order valence-corrected chi connectivity index (χ0v) is 20.2. The van der Waals surface area contributed by atoms with Gasteiger partial charge in [-0.25, -0.2) is 9.59 Å². The topological polar surface area (TPSA) is 105 Å². The van der Waals surface area contributed by atoms with E-state index in [1.807, 2.05) is 19.1 Å². The van der Waals surface area contributed by atoms with Crippen molar-refractivity contribution in [3.8, 4) is 0 Å². The van der Waals surface area contributed by atoms with Crippen LogP contribution in [0.5, 0.6) is 0 Å². The molecule has 182 valence electrons. The van der Waals surface area contributed by atoms with E-state index < -0.39 is 23.1 Å². The molecule has 0 spiro atoms. The second-order valence-corrected chi connectivity index (χ2v) is 9.48. The van der Waals surface area contributed by atoms with Crippen molar-refractivity contribution in [2.75, 3.05) is 0 Å². The van der Waals surface area contributed by atoms with Crippen LogP contribution in [0, 0.1) is 6.92 Å². The number of hydrogen-bond donors (Lipinski definition) is 2. The fraction of sp³-hybridized carbons (Fsp3) is 0.207. The molecule has 2 N–H and O–H groups in total. The van der Waals surface area contributed by atoms with E-state index >= 15 is 0 Å². The van der Waals surface area contributed by atoms with Gasteiger partial charge in [-0.3, -0.25) is 14.3 Å². The molecular formula is C29H26N2O5. The van der Waals surface area contributed by atoms with Crippen molar-refractivity contribution in [2.24, 2.45) is 0 Å². The Morgan fingerprint density at radius 2 is 1.69 bits per heavy atom. The van der Waals surface area contributed by atoms with Crippen LogP contribution in [-0.2, 0) is 6.54 Å². The molecule has 1 aliphatic rings. The molecule has 1 aliphatic carbocycles. The summed E-state index contributed by atoms with van der Waals surface area (Å²) in [7, 11) is 0. The molecule has 7 nitrogen and oxygen atoms in total. The molecule has 36 heavy (non-hydrogen) atoms. The highest BCUT2D eigenvalue weighted by molar-refractivity contribution is 5.84. The lowest BCUT2D eigenvalue weighted by Crippen LogP contribution is -2.33. The lowest BCUT2D eigenvalue weighted by atomic mass is 9.82. The van der Waals surface area contributed by atoms with E-state index in [1.54, 1.807) is 6.20 Å². The molecule has 0 aliphatic heterocycles. The molecule has 1 unspecified atom stereocenters. The van der Waals surface area contributed by atoms with E-state index in [2.05, 4.69) is 55.2 Å². The normalized spacial score (nSPS) is 14.4. The molecule has 4 aromatic rings. The number of aromatic carboxylic acids is 1. The van der Waals surface area contributed by atoms with Gasteiger partial charge in [0.15, 0.2) is 0 Å². The molecule has 7 heteroatoms. The molecule has 2 aromatic carbocycles. The molecule has 2 heterocycles. The van der Waals surface area contributed by atoms with Crippen LogP contribution in [0.25, 0.3) is 12.2 Å². The molecule has 5 rings (SSSR count). The number of nitrogens with one attached hydrogen (secondary N) is 1. The fourth-order valence-corrected chi connectivity index (χ4v) is 4.74. The Bertz CT molecular complexity index is 1630. The third-order valence-electron chi connectivity index (χ3n) is 6.63. The van der Waals surface area contributed by atoms with Gasteiger partial charge in [-0.05, 0) is 52.8 Å². The summed E-state index contributed by atoms with van der Waals surface area (Å²) in [6, 6.07) is 15.3. The molecule has 0 amide bonds. The molecule has 0 saturated carbocycles. The Balaban J connectivity index is 1.69. The number of nitrogens with zero attached hydrogens (tertiary/aromatic N) is 1. The lowest BCUT2D eigenvalue weighted by molar-refractivity contribution is 0.0660. The second kappa shape index (κ2) is 9.00. The first-order chi connectivity index (χ1) is 17.2. The minimum atomic E-state index is -1.19. The molecular weight excluding hydrogens is 456 g/mol. The van der Waals surface area contributed by atoms with Crippen molar-refractivity contribution in [3.05, 3.63) is 126 Å². The van der Waals surface area contributed by atoms with Crippen molar-refractivity contribution < 1.29 is 14.3 Å². The minimum Gasteiger partial charge on any atom is -0.475 e. The van der Waals surface area contributed by atoms with Crippen LogP contribution in [0.2, 0.25) is 0 Å². The number of furan rings is 1. The van der Waals surface area contributed by atoms with E-state index in [4.69, 9.17) is 9.52 Å². The average Bonchev–Trinajstić information content (AvgIpc) is 3.24. The number of fused-ring (bicyclic) bond motifs is 2. The maximum absolute atomic E-state index is 13.2. The predicted molar refractivity (Wildman–Crippen MR) is 138 cm³/mol. The third kappa shape index (κ3) is 4.24. The Morgan fingerprint density at radius 3 is 2.36 bits per heavy atom.